The number of ether oxygens (including phenoxy) is 1. The molecule has 1 fully saturated rings. The van der Waals surface area contributed by atoms with E-state index >= 15 is 0 Å². The average molecular weight is 414 g/mol. The van der Waals surface area contributed by atoms with Gasteiger partial charge in [-0.2, -0.15) is 15.1 Å². The highest BCUT2D eigenvalue weighted by atomic mass is 16.6. The largest absolute Gasteiger partial charge is 0.387 e. The Balaban J connectivity index is 1.62. The summed E-state index contributed by atoms with van der Waals surface area (Å²) in [5.41, 5.74) is 11.2. The number of hydrazone groups is 1. The van der Waals surface area contributed by atoms with Crippen LogP contribution in [0.5, 0.6) is 0 Å². The van der Waals surface area contributed by atoms with Crippen molar-refractivity contribution in [3.8, 4) is 0 Å². The summed E-state index contributed by atoms with van der Waals surface area (Å²) in [7, 11) is 1.94. The van der Waals surface area contributed by atoms with Gasteiger partial charge in [0.05, 0.1) is 12.5 Å². The van der Waals surface area contributed by atoms with Gasteiger partial charge >= 0.3 is 0 Å². The second kappa shape index (κ2) is 7.48. The van der Waals surface area contributed by atoms with Gasteiger partial charge < -0.3 is 25.3 Å². The van der Waals surface area contributed by atoms with Crippen LogP contribution >= 0.6 is 0 Å². The highest BCUT2D eigenvalue weighted by Gasteiger charge is 2.46. The number of rotatable bonds is 5. The molecule has 4 rings (SSSR count). The van der Waals surface area contributed by atoms with Crippen molar-refractivity contribution in [2.24, 2.45) is 12.1 Å². The Morgan fingerprint density at radius 2 is 2.13 bits per heavy atom. The number of imidazole rings is 1. The van der Waals surface area contributed by atoms with E-state index in [0.29, 0.717) is 5.52 Å². The van der Waals surface area contributed by atoms with Gasteiger partial charge in [-0.05, 0) is 19.9 Å². The molecule has 4 atom stereocenters. The molecule has 3 aromatic heterocycles. The van der Waals surface area contributed by atoms with Crippen LogP contribution in [-0.2, 0) is 16.6 Å². The molecular formula is C18H22N8O4. The molecule has 12 nitrogen and oxygen atoms in total. The van der Waals surface area contributed by atoms with Crippen molar-refractivity contribution >= 4 is 34.9 Å². The molecular weight excluding hydrogens is 392 g/mol. The number of nitrogen functional groups attached to an aromatic ring is 1. The van der Waals surface area contributed by atoms with Crippen molar-refractivity contribution in [2.45, 2.75) is 38.4 Å². The molecule has 0 spiro atoms. The van der Waals surface area contributed by atoms with Crippen LogP contribution in [0.1, 0.15) is 24.4 Å². The third-order valence-corrected chi connectivity index (χ3v) is 5.01. The number of hydrogen-bond acceptors (Lipinski definition) is 10. The van der Waals surface area contributed by atoms with E-state index in [2.05, 4.69) is 25.5 Å². The Hall–Kier alpha value is -3.35. The molecule has 158 valence electrons. The fourth-order valence-electron chi connectivity index (χ4n) is 3.34. The van der Waals surface area contributed by atoms with Crippen molar-refractivity contribution < 1.29 is 19.7 Å². The summed E-state index contributed by atoms with van der Waals surface area (Å²) in [5, 5.41) is 24.6. The molecule has 0 amide bonds. The summed E-state index contributed by atoms with van der Waals surface area (Å²) in [6.07, 6.45) is -0.00708. The lowest BCUT2D eigenvalue weighted by atomic mass is 10.1. The number of aliphatic hydroxyl groups excluding tert-OH is 2. The molecule has 1 saturated heterocycles. The topological polar surface area (TPSA) is 166 Å². The maximum Gasteiger partial charge on any atom is 0.247 e. The van der Waals surface area contributed by atoms with Gasteiger partial charge in [-0.15, -0.1) is 0 Å². The van der Waals surface area contributed by atoms with Gasteiger partial charge in [-0.3, -0.25) is 9.36 Å². The molecule has 30 heavy (non-hydrogen) atoms. The van der Waals surface area contributed by atoms with E-state index in [0.717, 1.165) is 11.3 Å². The molecule has 0 unspecified atom stereocenters. The minimum atomic E-state index is -1.36. The number of carbonyl (C=O) groups excluding carboxylic acids is 1. The lowest BCUT2D eigenvalue weighted by Gasteiger charge is -2.16. The lowest BCUT2D eigenvalue weighted by molar-refractivity contribution is -0.133. The van der Waals surface area contributed by atoms with Gasteiger partial charge in [-0.25, -0.2) is 10.4 Å². The number of Topliss-reactive ketones (excluding diaryl/α,β-unsaturated/α-hetero) is 1. The van der Waals surface area contributed by atoms with Crippen LogP contribution in [0.15, 0.2) is 23.7 Å². The highest BCUT2D eigenvalue weighted by molar-refractivity contribution is 5.84. The molecule has 12 heteroatoms. The number of ketones is 1. The minimum Gasteiger partial charge on any atom is -0.387 e. The molecule has 5 N–H and O–H groups in total. The van der Waals surface area contributed by atoms with E-state index in [4.69, 9.17) is 10.5 Å². The van der Waals surface area contributed by atoms with Crippen LogP contribution in [-0.4, -0.2) is 64.6 Å². The number of anilines is 2. The van der Waals surface area contributed by atoms with Crippen LogP contribution < -0.4 is 11.2 Å². The predicted octanol–water partition coefficient (Wildman–Crippen LogP) is -0.290. The summed E-state index contributed by atoms with van der Waals surface area (Å²) in [5.74, 6) is -0.180. The molecule has 0 aromatic carbocycles. The van der Waals surface area contributed by atoms with Crippen LogP contribution in [0.4, 0.5) is 11.8 Å². The molecule has 1 aliphatic heterocycles. The van der Waals surface area contributed by atoms with E-state index in [1.54, 1.807) is 6.21 Å². The summed E-state index contributed by atoms with van der Waals surface area (Å²) >= 11 is 0. The number of fused-ring (bicyclic) bond motifs is 1. The first kappa shape index (κ1) is 19.9. The number of aromatic nitrogens is 5. The van der Waals surface area contributed by atoms with Gasteiger partial charge in [0.1, 0.15) is 23.8 Å². The smallest absolute Gasteiger partial charge is 0.247 e. The summed E-state index contributed by atoms with van der Waals surface area (Å²) < 4.78 is 8.92. The Bertz CT molecular complexity index is 1120. The van der Waals surface area contributed by atoms with Crippen molar-refractivity contribution in [1.82, 2.24) is 24.1 Å². The van der Waals surface area contributed by atoms with Gasteiger partial charge in [0, 0.05) is 24.5 Å². The zero-order valence-electron chi connectivity index (χ0n) is 16.6. The maximum absolute atomic E-state index is 11.7. The monoisotopic (exact) mass is 414 g/mol. The van der Waals surface area contributed by atoms with E-state index in [1.807, 2.05) is 30.8 Å². The summed E-state index contributed by atoms with van der Waals surface area (Å²) in [4.78, 5) is 24.3. The van der Waals surface area contributed by atoms with Gasteiger partial charge in [-0.1, -0.05) is 0 Å². The number of carbonyl (C=O) groups is 1. The molecule has 0 radical (unpaired) electrons. The van der Waals surface area contributed by atoms with Crippen LogP contribution in [0.3, 0.4) is 0 Å². The molecule has 3 aromatic rings. The first-order chi connectivity index (χ1) is 14.3. The zero-order valence-corrected chi connectivity index (χ0v) is 16.6. The first-order valence-corrected chi connectivity index (χ1v) is 9.20. The number of hydrogen-bond donors (Lipinski definition) is 4. The Morgan fingerprint density at radius 1 is 1.37 bits per heavy atom. The Kier molecular flexibility index (Phi) is 4.97. The fraction of sp³-hybridized carbons (Fsp3) is 0.389. The van der Waals surface area contributed by atoms with E-state index in [1.165, 1.54) is 17.8 Å². The predicted molar refractivity (Wildman–Crippen MR) is 108 cm³/mol. The molecule has 0 saturated carbocycles. The van der Waals surface area contributed by atoms with Crippen molar-refractivity contribution in [3.63, 3.8) is 0 Å². The van der Waals surface area contributed by atoms with Gasteiger partial charge in [0.2, 0.25) is 5.95 Å². The van der Waals surface area contributed by atoms with Gasteiger partial charge in [0.25, 0.3) is 0 Å². The first-order valence-electron chi connectivity index (χ1n) is 9.20. The van der Waals surface area contributed by atoms with E-state index in [-0.39, 0.29) is 17.4 Å². The van der Waals surface area contributed by atoms with Crippen LogP contribution in [0.2, 0.25) is 0 Å². The average Bonchev–Trinajstić information content (AvgIpc) is 3.33. The quantitative estimate of drug-likeness (QED) is 0.324. The number of aryl methyl sites for hydroxylation is 2. The summed E-state index contributed by atoms with van der Waals surface area (Å²) in [6.45, 7) is 3.26. The molecule has 0 aliphatic carbocycles. The molecule has 0 bridgehead atoms. The molecule has 1 aliphatic rings. The van der Waals surface area contributed by atoms with Crippen molar-refractivity contribution in [2.75, 3.05) is 11.2 Å². The minimum absolute atomic E-state index is 0.100. The van der Waals surface area contributed by atoms with E-state index < -0.39 is 30.3 Å². The Labute approximate surface area is 171 Å². The van der Waals surface area contributed by atoms with Crippen LogP contribution in [0.25, 0.3) is 11.2 Å². The normalized spacial score (nSPS) is 24.2. The molecule has 4 heterocycles. The van der Waals surface area contributed by atoms with Crippen molar-refractivity contribution in [1.29, 1.82) is 0 Å². The number of nitrogens with zero attached hydrogens (tertiary/aromatic N) is 6. The second-order valence-electron chi connectivity index (χ2n) is 7.19. The number of aliphatic hydroxyl groups is 2. The number of nitrogens with two attached hydrogens (primary N) is 1. The zero-order chi connectivity index (χ0) is 21.6. The fourth-order valence-corrected chi connectivity index (χ4v) is 3.34. The SMILES string of the molecule is CC(=O)[C@H]1O[C@@H](n2cnc3c(N)nc(N/N=C/c4cc(C)n(C)c4)nc32)[C@H](O)[C@@H]1O. The van der Waals surface area contributed by atoms with Crippen molar-refractivity contribution in [3.05, 3.63) is 29.8 Å². The van der Waals surface area contributed by atoms with Gasteiger partial charge in [0.15, 0.2) is 23.5 Å². The third kappa shape index (κ3) is 3.40. The van der Waals surface area contributed by atoms with E-state index in [9.17, 15) is 15.0 Å². The second-order valence-corrected chi connectivity index (χ2v) is 7.19. The lowest BCUT2D eigenvalue weighted by Crippen LogP contribution is -2.34. The highest BCUT2D eigenvalue weighted by Crippen LogP contribution is 2.32. The number of nitrogens with one attached hydrogen (secondary N) is 1. The summed E-state index contributed by atoms with van der Waals surface area (Å²) in [6, 6.07) is 1.97. The Morgan fingerprint density at radius 3 is 2.77 bits per heavy atom. The third-order valence-electron chi connectivity index (χ3n) is 5.01. The standard InChI is InChI=1S/C18H22N8O4/c1-8-4-10(6-25(8)3)5-21-24-18-22-15(19)11-16(23-18)26(7-20-11)17-13(29)12(28)14(30-17)9(2)27/h4-7,12-14,17,28-29H,1-3H3,(H3,19,22,23,24)/b21-5+/t12-,13+,14+,17+/m0/s1. The maximum atomic E-state index is 11.7. The van der Waals surface area contributed by atoms with Crippen LogP contribution in [0, 0.1) is 6.92 Å².